The number of amides is 1. The van der Waals surface area contributed by atoms with E-state index in [9.17, 15) is 9.59 Å². The van der Waals surface area contributed by atoms with Gasteiger partial charge in [-0.3, -0.25) is 4.79 Å². The molecule has 142 valence electrons. The summed E-state index contributed by atoms with van der Waals surface area (Å²) in [4.78, 5) is 24.1. The molecule has 7 heteroatoms. The number of nitrogens with one attached hydrogen (secondary N) is 1. The number of ether oxygens (including phenoxy) is 3. The molecule has 0 aromatic heterocycles. The molecule has 1 amide bonds. The summed E-state index contributed by atoms with van der Waals surface area (Å²) < 4.78 is 15.6. The average Bonchev–Trinajstić information content (AvgIpc) is 2.67. The van der Waals surface area contributed by atoms with Crippen molar-refractivity contribution in [2.75, 3.05) is 19.5 Å². The topological polar surface area (TPSA) is 73.9 Å². The van der Waals surface area contributed by atoms with Gasteiger partial charge in [-0.1, -0.05) is 23.7 Å². The molecule has 2 rings (SSSR count). The second kappa shape index (κ2) is 9.64. The van der Waals surface area contributed by atoms with E-state index in [1.165, 1.54) is 33.3 Å². The molecule has 0 radical (unpaired) electrons. The van der Waals surface area contributed by atoms with Crippen LogP contribution in [0.1, 0.15) is 12.5 Å². The number of anilines is 1. The van der Waals surface area contributed by atoms with E-state index in [-0.39, 0.29) is 0 Å². The standard InChI is InChI=1S/C20H20ClNO5/c1-13(20(24)22-16-10-8-15(21)9-11-16)27-18(23)12-7-14-5-4-6-17(25-2)19(14)26-3/h4-13H,1-3H3,(H,22,24)/b12-7+/t13-/m1/s1. The van der Waals surface area contributed by atoms with Crippen molar-refractivity contribution in [3.05, 3.63) is 59.1 Å². The highest BCUT2D eigenvalue weighted by Gasteiger charge is 2.17. The van der Waals surface area contributed by atoms with Gasteiger partial charge in [-0.15, -0.1) is 0 Å². The van der Waals surface area contributed by atoms with Crippen LogP contribution in [0.2, 0.25) is 5.02 Å². The van der Waals surface area contributed by atoms with Crippen LogP contribution in [0.4, 0.5) is 5.69 Å². The molecule has 0 fully saturated rings. The number of hydrogen-bond donors (Lipinski definition) is 1. The SMILES string of the molecule is COc1cccc(/C=C/C(=O)O[C@H](C)C(=O)Nc2ccc(Cl)cc2)c1OC. The van der Waals surface area contributed by atoms with Gasteiger partial charge in [0.25, 0.3) is 5.91 Å². The summed E-state index contributed by atoms with van der Waals surface area (Å²) in [6.45, 7) is 1.49. The van der Waals surface area contributed by atoms with E-state index in [1.54, 1.807) is 42.5 Å². The van der Waals surface area contributed by atoms with E-state index < -0.39 is 18.0 Å². The van der Waals surface area contributed by atoms with Gasteiger partial charge in [0.2, 0.25) is 0 Å². The zero-order chi connectivity index (χ0) is 19.8. The van der Waals surface area contributed by atoms with E-state index in [4.69, 9.17) is 25.8 Å². The molecule has 0 saturated heterocycles. The lowest BCUT2D eigenvalue weighted by molar-refractivity contribution is -0.148. The van der Waals surface area contributed by atoms with Crippen molar-refractivity contribution in [1.29, 1.82) is 0 Å². The molecule has 0 aliphatic rings. The highest BCUT2D eigenvalue weighted by atomic mass is 35.5. The van der Waals surface area contributed by atoms with Gasteiger partial charge in [-0.25, -0.2) is 4.79 Å². The Hall–Kier alpha value is -2.99. The number of rotatable bonds is 7. The van der Waals surface area contributed by atoms with Gasteiger partial charge < -0.3 is 19.5 Å². The van der Waals surface area contributed by atoms with Crippen molar-refractivity contribution in [1.82, 2.24) is 0 Å². The Morgan fingerprint density at radius 3 is 2.41 bits per heavy atom. The van der Waals surface area contributed by atoms with Gasteiger partial charge in [0.15, 0.2) is 17.6 Å². The van der Waals surface area contributed by atoms with E-state index in [0.717, 1.165) is 0 Å². The van der Waals surface area contributed by atoms with Gasteiger partial charge in [0, 0.05) is 22.3 Å². The Labute approximate surface area is 162 Å². The summed E-state index contributed by atoms with van der Waals surface area (Å²) in [6, 6.07) is 11.9. The van der Waals surface area contributed by atoms with Gasteiger partial charge in [-0.05, 0) is 43.3 Å². The smallest absolute Gasteiger partial charge is 0.331 e. The van der Waals surface area contributed by atoms with Crippen molar-refractivity contribution in [2.24, 2.45) is 0 Å². The molecular formula is C20H20ClNO5. The average molecular weight is 390 g/mol. The van der Waals surface area contributed by atoms with Crippen LogP contribution in [-0.4, -0.2) is 32.2 Å². The van der Waals surface area contributed by atoms with Crippen LogP contribution in [0.25, 0.3) is 6.08 Å². The Balaban J connectivity index is 1.97. The largest absolute Gasteiger partial charge is 0.493 e. The number of benzene rings is 2. The fraction of sp³-hybridized carbons (Fsp3) is 0.200. The summed E-state index contributed by atoms with van der Waals surface area (Å²) in [5, 5.41) is 3.21. The van der Waals surface area contributed by atoms with Gasteiger partial charge in [0.05, 0.1) is 14.2 Å². The molecule has 0 unspecified atom stereocenters. The molecule has 0 saturated carbocycles. The zero-order valence-corrected chi connectivity index (χ0v) is 15.9. The van der Waals surface area contributed by atoms with Crippen LogP contribution in [0.15, 0.2) is 48.5 Å². The molecule has 2 aromatic carbocycles. The van der Waals surface area contributed by atoms with Crippen LogP contribution in [0, 0.1) is 0 Å². The van der Waals surface area contributed by atoms with E-state index in [2.05, 4.69) is 5.32 Å². The summed E-state index contributed by atoms with van der Waals surface area (Å²) in [7, 11) is 3.04. The van der Waals surface area contributed by atoms with Gasteiger partial charge in [-0.2, -0.15) is 0 Å². The third kappa shape index (κ3) is 5.76. The molecule has 27 heavy (non-hydrogen) atoms. The maximum absolute atomic E-state index is 12.1. The third-order valence-electron chi connectivity index (χ3n) is 3.61. The fourth-order valence-electron chi connectivity index (χ4n) is 2.25. The minimum Gasteiger partial charge on any atom is -0.493 e. The van der Waals surface area contributed by atoms with Crippen LogP contribution >= 0.6 is 11.6 Å². The van der Waals surface area contributed by atoms with Crippen LogP contribution in [0.5, 0.6) is 11.5 Å². The van der Waals surface area contributed by atoms with Gasteiger partial charge in [0.1, 0.15) is 0 Å². The molecular weight excluding hydrogens is 370 g/mol. The van der Waals surface area contributed by atoms with E-state index in [1.807, 2.05) is 0 Å². The first-order chi connectivity index (χ1) is 12.9. The molecule has 0 heterocycles. The predicted octanol–water partition coefficient (Wildman–Crippen LogP) is 3.94. The number of methoxy groups -OCH3 is 2. The summed E-state index contributed by atoms with van der Waals surface area (Å²) in [5.74, 6) is -0.0574. The maximum atomic E-state index is 12.1. The summed E-state index contributed by atoms with van der Waals surface area (Å²) in [6.07, 6.45) is 1.79. The number of carbonyl (C=O) groups excluding carboxylic acids is 2. The zero-order valence-electron chi connectivity index (χ0n) is 15.2. The predicted molar refractivity (Wildman–Crippen MR) is 104 cm³/mol. The Morgan fingerprint density at radius 1 is 1.07 bits per heavy atom. The van der Waals surface area contributed by atoms with Gasteiger partial charge >= 0.3 is 5.97 Å². The molecule has 0 aliphatic heterocycles. The fourth-order valence-corrected chi connectivity index (χ4v) is 2.37. The molecule has 0 spiro atoms. The molecule has 2 aromatic rings. The van der Waals surface area contributed by atoms with Crippen molar-refractivity contribution in [3.8, 4) is 11.5 Å². The molecule has 0 aliphatic carbocycles. The molecule has 0 bridgehead atoms. The Morgan fingerprint density at radius 2 is 1.78 bits per heavy atom. The third-order valence-corrected chi connectivity index (χ3v) is 3.86. The first-order valence-electron chi connectivity index (χ1n) is 8.10. The lowest BCUT2D eigenvalue weighted by Gasteiger charge is -2.12. The van der Waals surface area contributed by atoms with Crippen molar-refractivity contribution < 1.29 is 23.8 Å². The molecule has 1 atom stereocenters. The van der Waals surface area contributed by atoms with Crippen molar-refractivity contribution >= 4 is 35.2 Å². The molecule has 6 nitrogen and oxygen atoms in total. The minimum atomic E-state index is -0.968. The lowest BCUT2D eigenvalue weighted by Crippen LogP contribution is -2.29. The van der Waals surface area contributed by atoms with Crippen LogP contribution in [0.3, 0.4) is 0 Å². The summed E-state index contributed by atoms with van der Waals surface area (Å²) in [5.41, 5.74) is 1.20. The lowest BCUT2D eigenvalue weighted by atomic mass is 10.1. The maximum Gasteiger partial charge on any atom is 0.331 e. The highest BCUT2D eigenvalue weighted by Crippen LogP contribution is 2.31. The summed E-state index contributed by atoms with van der Waals surface area (Å²) >= 11 is 5.80. The monoisotopic (exact) mass is 389 g/mol. The first kappa shape index (κ1) is 20.3. The minimum absolute atomic E-state index is 0.446. The van der Waals surface area contributed by atoms with E-state index >= 15 is 0 Å². The van der Waals surface area contributed by atoms with Crippen molar-refractivity contribution in [3.63, 3.8) is 0 Å². The van der Waals surface area contributed by atoms with E-state index in [0.29, 0.717) is 27.8 Å². The molecule has 1 N–H and O–H groups in total. The number of hydrogen-bond acceptors (Lipinski definition) is 5. The quantitative estimate of drug-likeness (QED) is 0.573. The number of carbonyl (C=O) groups is 2. The van der Waals surface area contributed by atoms with Crippen LogP contribution in [-0.2, 0) is 14.3 Å². The highest BCUT2D eigenvalue weighted by molar-refractivity contribution is 6.30. The second-order valence-corrected chi connectivity index (χ2v) is 5.93. The number of para-hydroxylation sites is 1. The second-order valence-electron chi connectivity index (χ2n) is 5.49. The number of esters is 1. The Bertz CT molecular complexity index is 833. The van der Waals surface area contributed by atoms with Crippen molar-refractivity contribution in [2.45, 2.75) is 13.0 Å². The normalized spacial score (nSPS) is 11.7. The number of halogens is 1. The van der Waals surface area contributed by atoms with Crippen LogP contribution < -0.4 is 14.8 Å². The Kier molecular flexibility index (Phi) is 7.25. The first-order valence-corrected chi connectivity index (χ1v) is 8.48.